The van der Waals surface area contributed by atoms with E-state index in [9.17, 15) is 9.59 Å². The fourth-order valence-electron chi connectivity index (χ4n) is 4.24. The summed E-state index contributed by atoms with van der Waals surface area (Å²) in [5.74, 6) is 1.75. The number of amides is 1. The number of thioether (sulfide) groups is 1. The molecule has 1 saturated carbocycles. The smallest absolute Gasteiger partial charge is 0.223 e. The molecule has 28 heavy (non-hydrogen) atoms. The van der Waals surface area contributed by atoms with Crippen LogP contribution in [0.15, 0.2) is 23.4 Å². The lowest BCUT2D eigenvalue weighted by Gasteiger charge is -2.15. The fourth-order valence-corrected chi connectivity index (χ4v) is 5.06. The third kappa shape index (κ3) is 3.99. The molecule has 1 amide bonds. The number of hydrogen-bond acceptors (Lipinski definition) is 5. The Morgan fingerprint density at radius 2 is 2.11 bits per heavy atom. The van der Waals surface area contributed by atoms with Crippen molar-refractivity contribution in [2.24, 2.45) is 5.92 Å². The average molecular weight is 399 g/mol. The summed E-state index contributed by atoms with van der Waals surface area (Å²) in [6.45, 7) is 4.16. The van der Waals surface area contributed by atoms with E-state index < -0.39 is 0 Å². The van der Waals surface area contributed by atoms with Crippen molar-refractivity contribution in [2.75, 3.05) is 11.4 Å². The van der Waals surface area contributed by atoms with E-state index in [0.717, 1.165) is 29.9 Å². The first kappa shape index (κ1) is 19.2. The molecule has 2 aromatic rings. The van der Waals surface area contributed by atoms with Gasteiger partial charge in [0, 0.05) is 31.1 Å². The zero-order chi connectivity index (χ0) is 19.7. The van der Waals surface area contributed by atoms with Gasteiger partial charge in [-0.3, -0.25) is 14.7 Å². The first-order chi connectivity index (χ1) is 13.5. The molecule has 1 aliphatic carbocycles. The van der Waals surface area contributed by atoms with Crippen molar-refractivity contribution in [3.8, 4) is 0 Å². The zero-order valence-corrected chi connectivity index (χ0v) is 17.2. The molecule has 1 unspecified atom stereocenters. The molecule has 1 aromatic carbocycles. The van der Waals surface area contributed by atoms with Crippen LogP contribution in [-0.4, -0.2) is 38.7 Å². The van der Waals surface area contributed by atoms with E-state index in [0.29, 0.717) is 23.2 Å². The number of carbonyl (C=O) groups is 2. The zero-order valence-electron chi connectivity index (χ0n) is 16.4. The first-order valence-electron chi connectivity index (χ1n) is 10.0. The number of ketones is 1. The molecule has 0 bridgehead atoms. The van der Waals surface area contributed by atoms with Crippen molar-refractivity contribution in [1.82, 2.24) is 15.2 Å². The number of nitrogens with zero attached hydrogens (tertiary/aromatic N) is 3. The quantitative estimate of drug-likeness (QED) is 0.591. The Bertz CT molecular complexity index is 888. The molecule has 1 aliphatic heterocycles. The summed E-state index contributed by atoms with van der Waals surface area (Å²) in [6, 6.07) is 5.64. The highest BCUT2D eigenvalue weighted by molar-refractivity contribution is 8.00. The van der Waals surface area contributed by atoms with Crippen LogP contribution in [0.25, 0.3) is 0 Å². The summed E-state index contributed by atoms with van der Waals surface area (Å²) in [7, 11) is 0. The Hall–Kier alpha value is -2.15. The molecule has 148 valence electrons. The van der Waals surface area contributed by atoms with Gasteiger partial charge in [0.1, 0.15) is 5.82 Å². The number of aromatic nitrogens is 3. The van der Waals surface area contributed by atoms with Gasteiger partial charge in [-0.1, -0.05) is 37.4 Å². The van der Waals surface area contributed by atoms with Crippen molar-refractivity contribution >= 4 is 29.1 Å². The fraction of sp³-hybridized carbons (Fsp3) is 0.524. The minimum atomic E-state index is -0.265. The normalized spacial score (nSPS) is 17.7. The summed E-state index contributed by atoms with van der Waals surface area (Å²) in [6.07, 6.45) is 6.93. The van der Waals surface area contributed by atoms with Crippen molar-refractivity contribution in [2.45, 2.75) is 62.8 Å². The highest BCUT2D eigenvalue weighted by Gasteiger charge is 2.25. The Labute approximate surface area is 169 Å². The molecular weight excluding hydrogens is 372 g/mol. The van der Waals surface area contributed by atoms with Crippen molar-refractivity contribution < 1.29 is 9.59 Å². The van der Waals surface area contributed by atoms with E-state index in [1.807, 2.05) is 25.1 Å². The van der Waals surface area contributed by atoms with Gasteiger partial charge in [-0.25, -0.2) is 4.98 Å². The Morgan fingerprint density at radius 1 is 1.32 bits per heavy atom. The lowest BCUT2D eigenvalue weighted by atomic mass is 10.0. The number of anilines is 1. The van der Waals surface area contributed by atoms with E-state index in [1.165, 1.54) is 37.4 Å². The maximum absolute atomic E-state index is 12.9. The molecule has 0 saturated heterocycles. The molecule has 4 rings (SSSR count). The molecule has 2 aliphatic rings. The van der Waals surface area contributed by atoms with Crippen LogP contribution in [0.3, 0.4) is 0 Å². The van der Waals surface area contributed by atoms with Crippen LogP contribution in [0.1, 0.15) is 61.3 Å². The third-order valence-electron chi connectivity index (χ3n) is 5.76. The molecule has 0 radical (unpaired) electrons. The van der Waals surface area contributed by atoms with Crippen LogP contribution >= 0.6 is 11.8 Å². The van der Waals surface area contributed by atoms with Gasteiger partial charge in [0.05, 0.1) is 5.25 Å². The first-order valence-corrected chi connectivity index (χ1v) is 10.9. The predicted molar refractivity (Wildman–Crippen MR) is 110 cm³/mol. The lowest BCUT2D eigenvalue weighted by Crippen LogP contribution is -2.25. The predicted octanol–water partition coefficient (Wildman–Crippen LogP) is 3.81. The van der Waals surface area contributed by atoms with Gasteiger partial charge in [0.15, 0.2) is 5.78 Å². The molecule has 7 heteroatoms. The van der Waals surface area contributed by atoms with Gasteiger partial charge in [-0.15, -0.1) is 5.10 Å². The number of aromatic amines is 1. The van der Waals surface area contributed by atoms with E-state index in [4.69, 9.17) is 0 Å². The third-order valence-corrected chi connectivity index (χ3v) is 6.72. The summed E-state index contributed by atoms with van der Waals surface area (Å²) in [5.41, 5.74) is 2.68. The summed E-state index contributed by atoms with van der Waals surface area (Å²) < 4.78 is 0. The SMILES string of the molecule is CC(=O)N1CCc2cc(C(=O)C(C)Sc3n[nH]c(CC4CCCC4)n3)ccc21. The standard InChI is InChI=1S/C21H26N4O2S/c1-13(28-21-22-19(23-24-21)11-15-5-3-4-6-15)20(27)17-7-8-18-16(12-17)9-10-25(18)14(2)26/h7-8,12-13,15H,3-6,9-11H2,1-2H3,(H,22,23,24). The number of carbonyl (C=O) groups excluding carboxylic acids is 2. The molecule has 1 fully saturated rings. The number of benzene rings is 1. The van der Waals surface area contributed by atoms with E-state index >= 15 is 0 Å². The maximum atomic E-state index is 12.9. The summed E-state index contributed by atoms with van der Waals surface area (Å²) in [5, 5.41) is 7.70. The van der Waals surface area contributed by atoms with Gasteiger partial charge >= 0.3 is 0 Å². The highest BCUT2D eigenvalue weighted by atomic mass is 32.2. The van der Waals surface area contributed by atoms with Gasteiger partial charge in [0.2, 0.25) is 11.1 Å². The minimum Gasteiger partial charge on any atom is -0.312 e. The monoisotopic (exact) mass is 398 g/mol. The maximum Gasteiger partial charge on any atom is 0.223 e. The van der Waals surface area contributed by atoms with Crippen LogP contribution in [0, 0.1) is 5.92 Å². The molecule has 0 spiro atoms. The van der Waals surface area contributed by atoms with E-state index in [2.05, 4.69) is 15.2 Å². The van der Waals surface area contributed by atoms with Crippen molar-refractivity contribution in [1.29, 1.82) is 0 Å². The number of hydrogen-bond donors (Lipinski definition) is 1. The molecule has 2 heterocycles. The average Bonchev–Trinajstić information content (AvgIpc) is 3.41. The Morgan fingerprint density at radius 3 is 2.86 bits per heavy atom. The summed E-state index contributed by atoms with van der Waals surface area (Å²) >= 11 is 1.40. The van der Waals surface area contributed by atoms with Gasteiger partial charge < -0.3 is 4.90 Å². The Kier molecular flexibility index (Phi) is 5.53. The second kappa shape index (κ2) is 8.07. The van der Waals surface area contributed by atoms with Crippen molar-refractivity contribution in [3.63, 3.8) is 0 Å². The van der Waals surface area contributed by atoms with E-state index in [1.54, 1.807) is 11.8 Å². The summed E-state index contributed by atoms with van der Waals surface area (Å²) in [4.78, 5) is 30.9. The molecule has 1 atom stereocenters. The number of fused-ring (bicyclic) bond motifs is 1. The van der Waals surface area contributed by atoms with Crippen LogP contribution in [0.4, 0.5) is 5.69 Å². The van der Waals surface area contributed by atoms with E-state index in [-0.39, 0.29) is 16.9 Å². The van der Waals surface area contributed by atoms with Gasteiger partial charge in [-0.2, -0.15) is 0 Å². The van der Waals surface area contributed by atoms with Gasteiger partial charge in [-0.05, 0) is 43.0 Å². The molecular formula is C21H26N4O2S. The van der Waals surface area contributed by atoms with Crippen LogP contribution in [0.5, 0.6) is 0 Å². The molecule has 1 aromatic heterocycles. The van der Waals surface area contributed by atoms with Gasteiger partial charge in [0.25, 0.3) is 0 Å². The second-order valence-electron chi connectivity index (χ2n) is 7.81. The number of Topliss-reactive ketones (excluding diaryl/α,β-unsaturated/α-hetero) is 1. The topological polar surface area (TPSA) is 79.0 Å². The lowest BCUT2D eigenvalue weighted by molar-refractivity contribution is -0.116. The number of H-pyrrole nitrogens is 1. The molecule has 1 N–H and O–H groups in total. The number of nitrogens with one attached hydrogen (secondary N) is 1. The van der Waals surface area contributed by atoms with Crippen LogP contribution < -0.4 is 4.90 Å². The largest absolute Gasteiger partial charge is 0.312 e. The molecule has 6 nitrogen and oxygen atoms in total. The van der Waals surface area contributed by atoms with Crippen molar-refractivity contribution in [3.05, 3.63) is 35.2 Å². The Balaban J connectivity index is 1.40. The highest BCUT2D eigenvalue weighted by Crippen LogP contribution is 2.31. The van der Waals surface area contributed by atoms with Crippen LogP contribution in [0.2, 0.25) is 0 Å². The van der Waals surface area contributed by atoms with Crippen LogP contribution in [-0.2, 0) is 17.6 Å². The number of rotatable bonds is 6. The minimum absolute atomic E-state index is 0.0414. The second-order valence-corrected chi connectivity index (χ2v) is 9.12.